The molecule has 2 rings (SSSR count). The highest BCUT2D eigenvalue weighted by Crippen LogP contribution is 2.39. The molecule has 0 amide bonds. The third-order valence-electron chi connectivity index (χ3n) is 2.42. The predicted octanol–water partition coefficient (Wildman–Crippen LogP) is 2.16. The van der Waals surface area contributed by atoms with Crippen LogP contribution < -0.4 is 9.47 Å². The molecule has 1 heterocycles. The first-order chi connectivity index (χ1) is 8.19. The van der Waals surface area contributed by atoms with Gasteiger partial charge in [-0.3, -0.25) is 10.1 Å². The largest absolute Gasteiger partial charge is 0.496 e. The molecule has 0 N–H and O–H groups in total. The van der Waals surface area contributed by atoms with Crippen molar-refractivity contribution in [3.8, 4) is 11.5 Å². The molecule has 2 aromatic rings. The molecule has 0 saturated carbocycles. The number of fused-ring (bicyclic) bond motifs is 1. The zero-order valence-corrected chi connectivity index (χ0v) is 9.34. The second-order valence-corrected chi connectivity index (χ2v) is 3.29. The van der Waals surface area contributed by atoms with E-state index in [4.69, 9.17) is 9.47 Å². The number of hydrogen-bond donors (Lipinski definition) is 0. The number of ether oxygens (including phenoxy) is 2. The fraction of sp³-hybridized carbons (Fsp3) is 0.182. The van der Waals surface area contributed by atoms with Crippen molar-refractivity contribution >= 4 is 16.6 Å². The maximum Gasteiger partial charge on any atom is 0.337 e. The van der Waals surface area contributed by atoms with Gasteiger partial charge in [-0.2, -0.15) is 0 Å². The molecule has 0 bridgehead atoms. The standard InChI is InChI=1S/C11H10N2O4/c1-16-8-6-9(17-2)11(13(14)15)10-7(8)4-3-5-12-10/h3-6H,1-2H3. The van der Waals surface area contributed by atoms with Crippen LogP contribution in [0.3, 0.4) is 0 Å². The van der Waals surface area contributed by atoms with Gasteiger partial charge in [-0.25, -0.2) is 4.98 Å². The van der Waals surface area contributed by atoms with Crippen LogP contribution in [0.1, 0.15) is 0 Å². The first-order valence-electron chi connectivity index (χ1n) is 4.83. The Morgan fingerprint density at radius 1 is 1.29 bits per heavy atom. The minimum Gasteiger partial charge on any atom is -0.496 e. The molecule has 0 aliphatic rings. The van der Waals surface area contributed by atoms with E-state index in [0.29, 0.717) is 11.1 Å². The lowest BCUT2D eigenvalue weighted by Gasteiger charge is -2.08. The van der Waals surface area contributed by atoms with E-state index in [1.165, 1.54) is 26.5 Å². The molecule has 6 nitrogen and oxygen atoms in total. The Labute approximate surface area is 96.9 Å². The quantitative estimate of drug-likeness (QED) is 0.600. The number of nitrogens with zero attached hydrogens (tertiary/aromatic N) is 2. The van der Waals surface area contributed by atoms with Crippen LogP contribution in [0.25, 0.3) is 10.9 Å². The van der Waals surface area contributed by atoms with E-state index in [1.54, 1.807) is 12.1 Å². The van der Waals surface area contributed by atoms with E-state index in [0.717, 1.165) is 0 Å². The molecule has 0 unspecified atom stereocenters. The Morgan fingerprint density at radius 3 is 2.59 bits per heavy atom. The third-order valence-corrected chi connectivity index (χ3v) is 2.42. The molecule has 0 fully saturated rings. The Balaban J connectivity index is 2.90. The second kappa shape index (κ2) is 4.25. The summed E-state index contributed by atoms with van der Waals surface area (Å²) < 4.78 is 10.2. The van der Waals surface area contributed by atoms with Crippen LogP contribution in [-0.2, 0) is 0 Å². The monoisotopic (exact) mass is 234 g/mol. The van der Waals surface area contributed by atoms with Gasteiger partial charge >= 0.3 is 5.69 Å². The maximum absolute atomic E-state index is 11.0. The van der Waals surface area contributed by atoms with Gasteiger partial charge in [0.2, 0.25) is 5.75 Å². The highest BCUT2D eigenvalue weighted by molar-refractivity contribution is 5.94. The molecule has 6 heteroatoms. The zero-order chi connectivity index (χ0) is 12.4. The summed E-state index contributed by atoms with van der Waals surface area (Å²) in [5, 5.41) is 11.6. The second-order valence-electron chi connectivity index (χ2n) is 3.29. The fourth-order valence-corrected chi connectivity index (χ4v) is 1.68. The van der Waals surface area contributed by atoms with Gasteiger partial charge in [0, 0.05) is 17.6 Å². The SMILES string of the molecule is COc1cc(OC)c2cccnc2c1[N+](=O)[O-]. The Hall–Kier alpha value is -2.37. The highest BCUT2D eigenvalue weighted by Gasteiger charge is 2.23. The summed E-state index contributed by atoms with van der Waals surface area (Å²) in [4.78, 5) is 14.6. The average molecular weight is 234 g/mol. The van der Waals surface area contributed by atoms with Crippen molar-refractivity contribution in [1.29, 1.82) is 0 Å². The first kappa shape index (κ1) is 11.1. The van der Waals surface area contributed by atoms with Crippen molar-refractivity contribution in [2.24, 2.45) is 0 Å². The van der Waals surface area contributed by atoms with Crippen molar-refractivity contribution in [3.05, 3.63) is 34.5 Å². The molecule has 0 saturated heterocycles. The van der Waals surface area contributed by atoms with Crippen LogP contribution in [0.15, 0.2) is 24.4 Å². The number of pyridine rings is 1. The van der Waals surface area contributed by atoms with Crippen LogP contribution in [0.5, 0.6) is 11.5 Å². The minimum atomic E-state index is -0.506. The van der Waals surface area contributed by atoms with Crippen molar-refractivity contribution < 1.29 is 14.4 Å². The van der Waals surface area contributed by atoms with Crippen molar-refractivity contribution in [2.45, 2.75) is 0 Å². The number of rotatable bonds is 3. The molecule has 1 aromatic carbocycles. The maximum atomic E-state index is 11.0. The van der Waals surface area contributed by atoms with Crippen molar-refractivity contribution in [3.63, 3.8) is 0 Å². The summed E-state index contributed by atoms with van der Waals surface area (Å²) in [6.45, 7) is 0. The van der Waals surface area contributed by atoms with Gasteiger partial charge in [0.1, 0.15) is 5.75 Å². The van der Waals surface area contributed by atoms with Crippen LogP contribution in [0, 0.1) is 10.1 Å². The van der Waals surface area contributed by atoms with E-state index in [1.807, 2.05) is 0 Å². The number of benzene rings is 1. The third kappa shape index (κ3) is 1.73. The van der Waals surface area contributed by atoms with Crippen LogP contribution in [-0.4, -0.2) is 24.1 Å². The minimum absolute atomic E-state index is 0.137. The van der Waals surface area contributed by atoms with Gasteiger partial charge in [0.15, 0.2) is 5.52 Å². The molecule has 0 atom stereocenters. The zero-order valence-electron chi connectivity index (χ0n) is 9.34. The lowest BCUT2D eigenvalue weighted by Crippen LogP contribution is -1.98. The van der Waals surface area contributed by atoms with E-state index in [9.17, 15) is 10.1 Å². The van der Waals surface area contributed by atoms with E-state index < -0.39 is 4.92 Å². The molecular weight excluding hydrogens is 224 g/mol. The molecule has 1 aromatic heterocycles. The molecule has 0 radical (unpaired) electrons. The number of nitro benzene ring substituents is 1. The van der Waals surface area contributed by atoms with Crippen LogP contribution in [0.4, 0.5) is 5.69 Å². The molecule has 88 valence electrons. The lowest BCUT2D eigenvalue weighted by atomic mass is 10.1. The molecule has 0 aliphatic heterocycles. The van der Waals surface area contributed by atoms with Crippen molar-refractivity contribution in [1.82, 2.24) is 4.98 Å². The fourth-order valence-electron chi connectivity index (χ4n) is 1.68. The number of hydrogen-bond acceptors (Lipinski definition) is 5. The summed E-state index contributed by atoms with van der Waals surface area (Å²) in [6.07, 6.45) is 1.49. The van der Waals surface area contributed by atoms with Gasteiger partial charge in [-0.1, -0.05) is 0 Å². The number of aromatic nitrogens is 1. The summed E-state index contributed by atoms with van der Waals surface area (Å²) in [7, 11) is 2.86. The molecular formula is C11H10N2O4. The van der Waals surface area contributed by atoms with Gasteiger partial charge in [-0.05, 0) is 12.1 Å². The molecule has 0 aliphatic carbocycles. The normalized spacial score (nSPS) is 10.2. The summed E-state index contributed by atoms with van der Waals surface area (Å²) >= 11 is 0. The average Bonchev–Trinajstić information content (AvgIpc) is 2.36. The van der Waals surface area contributed by atoms with E-state index in [-0.39, 0.29) is 17.0 Å². The van der Waals surface area contributed by atoms with Gasteiger partial charge in [0.05, 0.1) is 19.1 Å². The predicted molar refractivity (Wildman–Crippen MR) is 61.5 cm³/mol. The van der Waals surface area contributed by atoms with Crippen LogP contribution in [0.2, 0.25) is 0 Å². The van der Waals surface area contributed by atoms with Gasteiger partial charge in [0.25, 0.3) is 0 Å². The van der Waals surface area contributed by atoms with E-state index >= 15 is 0 Å². The molecule has 0 spiro atoms. The topological polar surface area (TPSA) is 74.5 Å². The van der Waals surface area contributed by atoms with E-state index in [2.05, 4.69) is 4.98 Å². The van der Waals surface area contributed by atoms with Crippen LogP contribution >= 0.6 is 0 Å². The first-order valence-corrected chi connectivity index (χ1v) is 4.83. The lowest BCUT2D eigenvalue weighted by molar-refractivity contribution is -0.384. The Kier molecular flexibility index (Phi) is 2.78. The van der Waals surface area contributed by atoms with Gasteiger partial charge < -0.3 is 9.47 Å². The molecule has 17 heavy (non-hydrogen) atoms. The smallest absolute Gasteiger partial charge is 0.337 e. The number of methoxy groups -OCH3 is 2. The highest BCUT2D eigenvalue weighted by atomic mass is 16.6. The summed E-state index contributed by atoms with van der Waals surface area (Å²) in [5.41, 5.74) is 0.109. The number of nitro groups is 1. The Bertz CT molecular complexity index is 583. The summed E-state index contributed by atoms with van der Waals surface area (Å²) in [6, 6.07) is 4.90. The Morgan fingerprint density at radius 2 is 2.00 bits per heavy atom. The van der Waals surface area contributed by atoms with Gasteiger partial charge in [-0.15, -0.1) is 0 Å². The summed E-state index contributed by atoms with van der Waals surface area (Å²) in [5.74, 6) is 0.633. The van der Waals surface area contributed by atoms with Crippen molar-refractivity contribution in [2.75, 3.05) is 14.2 Å².